The van der Waals surface area contributed by atoms with Gasteiger partial charge in [-0.25, -0.2) is 4.79 Å². The lowest BCUT2D eigenvalue weighted by Crippen LogP contribution is -2.38. The van der Waals surface area contributed by atoms with Crippen molar-refractivity contribution in [3.63, 3.8) is 0 Å². The number of hydrogen-bond donors (Lipinski definition) is 0. The lowest BCUT2D eigenvalue weighted by Gasteiger charge is -2.29. The summed E-state index contributed by atoms with van der Waals surface area (Å²) >= 11 is 3.43. The first-order valence-electron chi connectivity index (χ1n) is 6.74. The van der Waals surface area contributed by atoms with E-state index >= 15 is 0 Å². The van der Waals surface area contributed by atoms with Crippen LogP contribution in [0, 0.1) is 0 Å². The Bertz CT molecular complexity index is 496. The van der Waals surface area contributed by atoms with E-state index in [-0.39, 0.29) is 6.09 Å². The molecule has 1 heterocycles. The molecule has 0 radical (unpaired) electrons. The number of ether oxygens (including phenoxy) is 2. The van der Waals surface area contributed by atoms with Crippen molar-refractivity contribution in [2.45, 2.75) is 39.3 Å². The van der Waals surface area contributed by atoms with Gasteiger partial charge >= 0.3 is 6.09 Å². The van der Waals surface area contributed by atoms with E-state index in [0.29, 0.717) is 19.7 Å². The van der Waals surface area contributed by atoms with Crippen LogP contribution in [0.1, 0.15) is 32.8 Å². The molecule has 0 saturated carbocycles. The Kier molecular flexibility index (Phi) is 4.58. The summed E-state index contributed by atoms with van der Waals surface area (Å²) in [5.41, 5.74) is 0.525. The molecule has 4 nitrogen and oxygen atoms in total. The molecule has 2 rings (SSSR count). The van der Waals surface area contributed by atoms with Crippen LogP contribution in [0.2, 0.25) is 0 Å². The van der Waals surface area contributed by atoms with Crippen molar-refractivity contribution >= 4 is 22.0 Å². The topological polar surface area (TPSA) is 38.8 Å². The molecule has 0 saturated heterocycles. The summed E-state index contributed by atoms with van der Waals surface area (Å²) in [6, 6.07) is 5.87. The van der Waals surface area contributed by atoms with Crippen LogP contribution in [0.25, 0.3) is 0 Å². The summed E-state index contributed by atoms with van der Waals surface area (Å²) in [6.45, 7) is 7.39. The zero-order valence-electron chi connectivity index (χ0n) is 12.1. The van der Waals surface area contributed by atoms with E-state index in [1.165, 1.54) is 0 Å². The average Bonchev–Trinajstić information content (AvgIpc) is 2.29. The van der Waals surface area contributed by atoms with Crippen LogP contribution in [0.3, 0.4) is 0 Å². The van der Waals surface area contributed by atoms with Gasteiger partial charge in [0.05, 0.1) is 13.2 Å². The maximum absolute atomic E-state index is 12.2. The number of fused-ring (bicyclic) bond motifs is 1. The molecule has 0 fully saturated rings. The van der Waals surface area contributed by atoms with Crippen LogP contribution >= 0.6 is 15.9 Å². The summed E-state index contributed by atoms with van der Waals surface area (Å²) in [5.74, 6) is 0.827. The first-order valence-corrected chi connectivity index (χ1v) is 7.53. The predicted octanol–water partition coefficient (Wildman–Crippen LogP) is 3.97. The average molecular weight is 342 g/mol. The highest BCUT2D eigenvalue weighted by Gasteiger charge is 2.24. The molecular formula is C15H20BrNO3. The Morgan fingerprint density at radius 1 is 1.40 bits per heavy atom. The fourth-order valence-corrected chi connectivity index (χ4v) is 2.34. The lowest BCUT2D eigenvalue weighted by atomic mass is 10.1. The normalized spacial score (nSPS) is 15.7. The van der Waals surface area contributed by atoms with Gasteiger partial charge in [0.2, 0.25) is 0 Å². The largest absolute Gasteiger partial charge is 0.493 e. The Morgan fingerprint density at radius 2 is 2.15 bits per heavy atom. The molecule has 0 aromatic heterocycles. The summed E-state index contributed by atoms with van der Waals surface area (Å²) < 4.78 is 12.2. The second-order valence-corrected chi connectivity index (χ2v) is 6.77. The van der Waals surface area contributed by atoms with Gasteiger partial charge in [-0.1, -0.05) is 22.0 Å². The van der Waals surface area contributed by atoms with Crippen molar-refractivity contribution in [2.24, 2.45) is 0 Å². The van der Waals surface area contributed by atoms with Crippen LogP contribution < -0.4 is 4.74 Å². The highest BCUT2D eigenvalue weighted by molar-refractivity contribution is 9.10. The Hall–Kier alpha value is -1.23. The Morgan fingerprint density at radius 3 is 2.85 bits per heavy atom. The number of nitrogens with zero attached hydrogens (tertiary/aromatic N) is 1. The zero-order valence-corrected chi connectivity index (χ0v) is 13.7. The van der Waals surface area contributed by atoms with Crippen molar-refractivity contribution in [3.05, 3.63) is 28.2 Å². The lowest BCUT2D eigenvalue weighted by molar-refractivity contribution is 0.0215. The minimum atomic E-state index is -0.474. The van der Waals surface area contributed by atoms with E-state index in [2.05, 4.69) is 15.9 Å². The summed E-state index contributed by atoms with van der Waals surface area (Å²) in [5, 5.41) is 0. The highest BCUT2D eigenvalue weighted by atomic mass is 79.9. The minimum Gasteiger partial charge on any atom is -0.493 e. The smallest absolute Gasteiger partial charge is 0.410 e. The molecule has 0 N–H and O–H groups in total. The first-order chi connectivity index (χ1) is 9.35. The molecule has 110 valence electrons. The SMILES string of the molecule is CC(C)(C)OC(=O)N1CCCOc2cc(Br)ccc2C1. The maximum Gasteiger partial charge on any atom is 0.410 e. The van der Waals surface area contributed by atoms with Gasteiger partial charge in [-0.15, -0.1) is 0 Å². The van der Waals surface area contributed by atoms with E-state index in [0.717, 1.165) is 22.2 Å². The number of benzene rings is 1. The molecule has 0 atom stereocenters. The van der Waals surface area contributed by atoms with E-state index < -0.39 is 5.60 Å². The van der Waals surface area contributed by atoms with Crippen molar-refractivity contribution < 1.29 is 14.3 Å². The second kappa shape index (κ2) is 6.04. The maximum atomic E-state index is 12.2. The van der Waals surface area contributed by atoms with Crippen molar-refractivity contribution in [2.75, 3.05) is 13.2 Å². The third-order valence-electron chi connectivity index (χ3n) is 2.87. The van der Waals surface area contributed by atoms with Crippen LogP contribution in [-0.2, 0) is 11.3 Å². The van der Waals surface area contributed by atoms with E-state index in [9.17, 15) is 4.79 Å². The number of rotatable bonds is 0. The van der Waals surface area contributed by atoms with E-state index in [1.807, 2.05) is 39.0 Å². The predicted molar refractivity (Wildman–Crippen MR) is 80.9 cm³/mol. The van der Waals surface area contributed by atoms with Crippen molar-refractivity contribution in [1.82, 2.24) is 4.90 Å². The van der Waals surface area contributed by atoms with Gasteiger partial charge in [0.15, 0.2) is 0 Å². The number of hydrogen-bond acceptors (Lipinski definition) is 3. The van der Waals surface area contributed by atoms with Crippen LogP contribution in [0.4, 0.5) is 4.79 Å². The molecule has 0 spiro atoms. The standard InChI is InChI=1S/C15H20BrNO3/c1-15(2,3)20-14(18)17-7-4-8-19-13-9-12(16)6-5-11(13)10-17/h5-6,9H,4,7-8,10H2,1-3H3. The van der Waals surface area contributed by atoms with E-state index in [1.54, 1.807) is 4.90 Å². The van der Waals surface area contributed by atoms with Crippen LogP contribution in [0.15, 0.2) is 22.7 Å². The monoisotopic (exact) mass is 341 g/mol. The molecule has 1 aliphatic rings. The number of amides is 1. The fraction of sp³-hybridized carbons (Fsp3) is 0.533. The molecule has 1 aliphatic heterocycles. The van der Waals surface area contributed by atoms with Gasteiger partial charge in [0.1, 0.15) is 11.4 Å². The molecule has 1 aromatic rings. The van der Waals surface area contributed by atoms with Crippen molar-refractivity contribution in [3.8, 4) is 5.75 Å². The van der Waals surface area contributed by atoms with Crippen molar-refractivity contribution in [1.29, 1.82) is 0 Å². The zero-order chi connectivity index (χ0) is 14.8. The van der Waals surface area contributed by atoms with Crippen LogP contribution in [0.5, 0.6) is 5.75 Å². The second-order valence-electron chi connectivity index (χ2n) is 5.86. The molecule has 0 unspecified atom stereocenters. The molecule has 0 bridgehead atoms. The molecule has 1 aromatic carbocycles. The van der Waals surface area contributed by atoms with Gasteiger partial charge in [-0.2, -0.15) is 0 Å². The minimum absolute atomic E-state index is 0.270. The molecule has 0 aliphatic carbocycles. The Labute approximate surface area is 128 Å². The summed E-state index contributed by atoms with van der Waals surface area (Å²) in [6.07, 6.45) is 0.527. The fourth-order valence-electron chi connectivity index (χ4n) is 2.00. The third-order valence-corrected chi connectivity index (χ3v) is 3.37. The first kappa shape index (κ1) is 15.2. The summed E-state index contributed by atoms with van der Waals surface area (Å²) in [7, 11) is 0. The highest BCUT2D eigenvalue weighted by Crippen LogP contribution is 2.27. The molecule has 20 heavy (non-hydrogen) atoms. The molecule has 1 amide bonds. The number of carbonyl (C=O) groups excluding carboxylic acids is 1. The summed E-state index contributed by atoms with van der Waals surface area (Å²) in [4.78, 5) is 13.9. The van der Waals surface area contributed by atoms with E-state index in [4.69, 9.17) is 9.47 Å². The third kappa shape index (κ3) is 4.13. The quantitative estimate of drug-likeness (QED) is 0.716. The number of carbonyl (C=O) groups is 1. The van der Waals surface area contributed by atoms with Gasteiger partial charge in [0, 0.05) is 16.6 Å². The molecule has 5 heteroatoms. The van der Waals surface area contributed by atoms with Gasteiger partial charge < -0.3 is 14.4 Å². The Balaban J connectivity index is 2.17. The van der Waals surface area contributed by atoms with Crippen LogP contribution in [-0.4, -0.2) is 29.7 Å². The molecular weight excluding hydrogens is 322 g/mol. The van der Waals surface area contributed by atoms with Gasteiger partial charge in [-0.3, -0.25) is 0 Å². The van der Waals surface area contributed by atoms with Gasteiger partial charge in [-0.05, 0) is 39.3 Å². The van der Waals surface area contributed by atoms with Gasteiger partial charge in [0.25, 0.3) is 0 Å². The number of halogens is 1.